The number of thioether (sulfide) groups is 1. The van der Waals surface area contributed by atoms with Gasteiger partial charge in [0.15, 0.2) is 6.04 Å². The van der Waals surface area contributed by atoms with Crippen molar-refractivity contribution in [1.29, 1.82) is 0 Å². The standard InChI is InChI=1S/C21H19NO3S2/c1-13(2)15-10-8-14(9-11-15)12-17-19(23)22(21(26)27-17)18(20(24)25)16-6-4-3-5-7-16/h3-13,18H,1-2H3,(H,24,25). The molecule has 0 aliphatic carbocycles. The lowest BCUT2D eigenvalue weighted by Gasteiger charge is -2.23. The molecule has 1 unspecified atom stereocenters. The Kier molecular flexibility index (Phi) is 5.77. The number of benzene rings is 2. The Balaban J connectivity index is 1.91. The van der Waals surface area contributed by atoms with E-state index in [2.05, 4.69) is 13.8 Å². The number of thiocarbonyl (C=S) groups is 1. The number of carboxylic acid groups (broad SMARTS) is 1. The summed E-state index contributed by atoms with van der Waals surface area (Å²) in [6, 6.07) is 15.5. The van der Waals surface area contributed by atoms with Crippen LogP contribution in [0.25, 0.3) is 6.08 Å². The highest BCUT2D eigenvalue weighted by Gasteiger charge is 2.41. The minimum absolute atomic E-state index is 0.251. The molecule has 0 bridgehead atoms. The van der Waals surface area contributed by atoms with E-state index in [1.54, 1.807) is 36.4 Å². The molecule has 4 nitrogen and oxygen atoms in total. The fourth-order valence-corrected chi connectivity index (χ4v) is 4.18. The molecule has 1 N–H and O–H groups in total. The number of amides is 1. The summed E-state index contributed by atoms with van der Waals surface area (Å²) in [7, 11) is 0. The van der Waals surface area contributed by atoms with Gasteiger partial charge in [0.2, 0.25) is 0 Å². The molecule has 2 aromatic rings. The van der Waals surface area contributed by atoms with Crippen LogP contribution < -0.4 is 0 Å². The van der Waals surface area contributed by atoms with Crippen molar-refractivity contribution in [2.75, 3.05) is 0 Å². The summed E-state index contributed by atoms with van der Waals surface area (Å²) in [5, 5.41) is 9.70. The second kappa shape index (κ2) is 8.06. The van der Waals surface area contributed by atoms with Crippen molar-refractivity contribution >= 4 is 46.3 Å². The van der Waals surface area contributed by atoms with Crippen molar-refractivity contribution in [2.24, 2.45) is 0 Å². The van der Waals surface area contributed by atoms with Gasteiger partial charge in [0.25, 0.3) is 5.91 Å². The number of hydrogen-bond donors (Lipinski definition) is 1. The number of hydrogen-bond acceptors (Lipinski definition) is 4. The van der Waals surface area contributed by atoms with Crippen LogP contribution in [0.2, 0.25) is 0 Å². The first-order valence-electron chi connectivity index (χ1n) is 8.53. The lowest BCUT2D eigenvalue weighted by molar-refractivity contribution is -0.145. The van der Waals surface area contributed by atoms with Crippen molar-refractivity contribution in [2.45, 2.75) is 25.8 Å². The van der Waals surface area contributed by atoms with Gasteiger partial charge in [-0.15, -0.1) is 0 Å². The molecule has 27 heavy (non-hydrogen) atoms. The van der Waals surface area contributed by atoms with Gasteiger partial charge in [0, 0.05) is 0 Å². The van der Waals surface area contributed by atoms with Gasteiger partial charge >= 0.3 is 5.97 Å². The molecule has 0 radical (unpaired) electrons. The minimum atomic E-state index is -1.13. The molecule has 2 aromatic carbocycles. The van der Waals surface area contributed by atoms with Crippen LogP contribution in [-0.2, 0) is 9.59 Å². The van der Waals surface area contributed by atoms with Crippen LogP contribution in [0.3, 0.4) is 0 Å². The largest absolute Gasteiger partial charge is 0.479 e. The molecule has 0 spiro atoms. The summed E-state index contributed by atoms with van der Waals surface area (Å²) >= 11 is 6.46. The van der Waals surface area contributed by atoms with Gasteiger partial charge in [-0.05, 0) is 28.7 Å². The van der Waals surface area contributed by atoms with Crippen molar-refractivity contribution in [3.05, 3.63) is 76.2 Å². The van der Waals surface area contributed by atoms with Gasteiger partial charge in [-0.25, -0.2) is 4.79 Å². The number of aliphatic carboxylic acids is 1. The van der Waals surface area contributed by atoms with Crippen LogP contribution >= 0.6 is 24.0 Å². The maximum atomic E-state index is 12.9. The zero-order valence-electron chi connectivity index (χ0n) is 15.0. The fourth-order valence-electron chi connectivity index (χ4n) is 2.87. The Morgan fingerprint density at radius 2 is 1.70 bits per heavy atom. The molecule has 138 valence electrons. The van der Waals surface area contributed by atoms with Gasteiger partial charge in [-0.3, -0.25) is 9.69 Å². The van der Waals surface area contributed by atoms with Crippen LogP contribution in [0, 0.1) is 0 Å². The van der Waals surface area contributed by atoms with E-state index in [4.69, 9.17) is 12.2 Å². The molecule has 1 fully saturated rings. The van der Waals surface area contributed by atoms with Crippen LogP contribution in [0.4, 0.5) is 0 Å². The minimum Gasteiger partial charge on any atom is -0.479 e. The third-order valence-corrected chi connectivity index (χ3v) is 5.66. The van der Waals surface area contributed by atoms with Gasteiger partial charge in [0.05, 0.1) is 4.91 Å². The summed E-state index contributed by atoms with van der Waals surface area (Å²) in [5.41, 5.74) is 2.62. The second-order valence-corrected chi connectivity index (χ2v) is 8.20. The van der Waals surface area contributed by atoms with E-state index in [0.29, 0.717) is 16.4 Å². The van der Waals surface area contributed by atoms with Crippen molar-refractivity contribution in [3.63, 3.8) is 0 Å². The van der Waals surface area contributed by atoms with Crippen molar-refractivity contribution in [1.82, 2.24) is 4.90 Å². The highest BCUT2D eigenvalue weighted by molar-refractivity contribution is 8.26. The zero-order chi connectivity index (χ0) is 19.6. The third kappa shape index (κ3) is 4.12. The summed E-state index contributed by atoms with van der Waals surface area (Å²) in [5.74, 6) is -1.06. The first kappa shape index (κ1) is 19.3. The van der Waals surface area contributed by atoms with E-state index in [-0.39, 0.29) is 10.2 Å². The predicted molar refractivity (Wildman–Crippen MR) is 112 cm³/mol. The van der Waals surface area contributed by atoms with Crippen molar-refractivity contribution in [3.8, 4) is 0 Å². The highest BCUT2D eigenvalue weighted by Crippen LogP contribution is 2.38. The molecule has 1 atom stereocenters. The summed E-state index contributed by atoms with van der Waals surface area (Å²) in [6.07, 6.45) is 1.76. The molecule has 1 heterocycles. The molecule has 3 rings (SSSR count). The first-order chi connectivity index (χ1) is 12.9. The molecule has 1 saturated heterocycles. The maximum absolute atomic E-state index is 12.9. The van der Waals surface area contributed by atoms with Gasteiger partial charge in [-0.2, -0.15) is 0 Å². The number of carbonyl (C=O) groups is 2. The van der Waals surface area contributed by atoms with E-state index in [0.717, 1.165) is 17.3 Å². The summed E-state index contributed by atoms with van der Waals surface area (Å²) in [4.78, 5) is 26.4. The second-order valence-electron chi connectivity index (χ2n) is 6.52. The van der Waals surface area contributed by atoms with Gasteiger partial charge < -0.3 is 5.11 Å². The third-order valence-electron chi connectivity index (χ3n) is 4.33. The summed E-state index contributed by atoms with van der Waals surface area (Å²) in [6.45, 7) is 4.24. The van der Waals surface area contributed by atoms with E-state index >= 15 is 0 Å². The van der Waals surface area contributed by atoms with E-state index in [1.165, 1.54) is 10.5 Å². The Hall–Kier alpha value is -2.44. The SMILES string of the molecule is CC(C)c1ccc(C=C2SC(=S)N(C(C(=O)O)c3ccccc3)C2=O)cc1. The van der Waals surface area contributed by atoms with Gasteiger partial charge in [-0.1, -0.05) is 92.4 Å². The number of nitrogens with zero attached hydrogens (tertiary/aromatic N) is 1. The molecule has 1 amide bonds. The van der Waals surface area contributed by atoms with E-state index in [1.807, 2.05) is 24.3 Å². The average Bonchev–Trinajstić information content (AvgIpc) is 2.91. The lowest BCUT2D eigenvalue weighted by Crippen LogP contribution is -2.37. The molecule has 6 heteroatoms. The molecular weight excluding hydrogens is 378 g/mol. The van der Waals surface area contributed by atoms with Crippen molar-refractivity contribution < 1.29 is 14.7 Å². The Labute approximate surface area is 167 Å². The normalized spacial score (nSPS) is 17.0. The summed E-state index contributed by atoms with van der Waals surface area (Å²) < 4.78 is 0.251. The van der Waals surface area contributed by atoms with Crippen LogP contribution in [0.5, 0.6) is 0 Å². The lowest BCUT2D eigenvalue weighted by atomic mass is 10.0. The van der Waals surface area contributed by atoms with Crippen LogP contribution in [0.1, 0.15) is 42.5 Å². The first-order valence-corrected chi connectivity index (χ1v) is 9.75. The quantitative estimate of drug-likeness (QED) is 0.578. The molecule has 1 aliphatic heterocycles. The highest BCUT2D eigenvalue weighted by atomic mass is 32.2. The topological polar surface area (TPSA) is 57.6 Å². The van der Waals surface area contributed by atoms with E-state index < -0.39 is 12.0 Å². The molecule has 0 aromatic heterocycles. The molecular formula is C21H19NO3S2. The fraction of sp³-hybridized carbons (Fsp3) is 0.190. The van der Waals surface area contributed by atoms with Gasteiger partial charge in [0.1, 0.15) is 4.32 Å². The average molecular weight is 398 g/mol. The number of carboxylic acids is 1. The number of rotatable bonds is 5. The smallest absolute Gasteiger partial charge is 0.331 e. The van der Waals surface area contributed by atoms with Crippen LogP contribution in [0.15, 0.2) is 59.5 Å². The van der Waals surface area contributed by atoms with E-state index in [9.17, 15) is 14.7 Å². The van der Waals surface area contributed by atoms with Crippen LogP contribution in [-0.4, -0.2) is 26.2 Å². The molecule has 0 saturated carbocycles. The monoisotopic (exact) mass is 397 g/mol. The molecule has 1 aliphatic rings. The maximum Gasteiger partial charge on any atom is 0.331 e. The Morgan fingerprint density at radius 1 is 1.07 bits per heavy atom. The number of carbonyl (C=O) groups excluding carboxylic acids is 1. The predicted octanol–water partition coefficient (Wildman–Crippen LogP) is 4.84. The Bertz CT molecular complexity index is 905. The zero-order valence-corrected chi connectivity index (χ0v) is 16.6. The Morgan fingerprint density at radius 3 is 2.26 bits per heavy atom.